The van der Waals surface area contributed by atoms with Crippen molar-refractivity contribution in [2.24, 2.45) is 11.8 Å². The molecular weight excluding hydrogens is 535 g/mol. The van der Waals surface area contributed by atoms with Crippen LogP contribution in [0.1, 0.15) is 36.0 Å². The largest absolute Gasteiger partial charge is 0.387 e. The van der Waals surface area contributed by atoms with Crippen LogP contribution in [0.15, 0.2) is 35.2 Å². The van der Waals surface area contributed by atoms with E-state index in [9.17, 15) is 31.5 Å². The van der Waals surface area contributed by atoms with Crippen LogP contribution < -0.4 is 5.32 Å². The van der Waals surface area contributed by atoms with Crippen molar-refractivity contribution in [1.82, 2.24) is 0 Å². The average Bonchev–Trinajstić information content (AvgIpc) is 3.59. The monoisotopic (exact) mass is 559 g/mol. The normalized spacial score (nSPS) is 28.8. The second-order valence-electron chi connectivity index (χ2n) is 10.1. The number of anilines is 1. The minimum absolute atomic E-state index is 0.0600. The van der Waals surface area contributed by atoms with E-state index < -0.39 is 44.0 Å². The van der Waals surface area contributed by atoms with Crippen LogP contribution in [0.25, 0.3) is 0 Å². The quantitative estimate of drug-likeness (QED) is 0.372. The van der Waals surface area contributed by atoms with Gasteiger partial charge in [0.25, 0.3) is 5.91 Å². The predicted molar refractivity (Wildman–Crippen MR) is 128 cm³/mol. The van der Waals surface area contributed by atoms with Gasteiger partial charge in [-0.3, -0.25) is 4.79 Å². The van der Waals surface area contributed by atoms with Gasteiger partial charge in [0.15, 0.2) is 27.3 Å². The van der Waals surface area contributed by atoms with Gasteiger partial charge in [-0.25, -0.2) is 21.6 Å². The van der Waals surface area contributed by atoms with Gasteiger partial charge in [0.1, 0.15) is 6.10 Å². The average molecular weight is 560 g/mol. The SMILES string of the molecule is O=C(Nc1cc(F)c(F)c(F)c1)c1ccc(Cl)c(S(=O)(=O)C2C3CC[C@H]2CC(O)(COCC2CO2)C3)c1. The molecule has 200 valence electrons. The van der Waals surface area contributed by atoms with Crippen LogP contribution in [-0.4, -0.2) is 56.2 Å². The smallest absolute Gasteiger partial charge is 0.255 e. The van der Waals surface area contributed by atoms with Crippen LogP contribution in [-0.2, 0) is 19.3 Å². The van der Waals surface area contributed by atoms with Crippen molar-refractivity contribution in [3.05, 3.63) is 58.4 Å². The summed E-state index contributed by atoms with van der Waals surface area (Å²) in [5.74, 6) is -6.10. The summed E-state index contributed by atoms with van der Waals surface area (Å²) in [5.41, 5.74) is -1.57. The van der Waals surface area contributed by atoms with Crippen molar-refractivity contribution in [2.75, 3.05) is 25.1 Å². The molecule has 2 aromatic carbocycles. The van der Waals surface area contributed by atoms with E-state index in [0.717, 1.165) is 6.07 Å². The lowest BCUT2D eigenvalue weighted by atomic mass is 9.77. The molecule has 0 radical (unpaired) electrons. The number of hydrogen-bond acceptors (Lipinski definition) is 6. The lowest BCUT2D eigenvalue weighted by Crippen LogP contribution is -2.48. The molecule has 5 atom stereocenters. The molecular formula is C25H25ClF3NO6S. The first kappa shape index (κ1) is 26.4. The predicted octanol–water partition coefficient (Wildman–Crippen LogP) is 4.12. The molecule has 5 rings (SSSR count). The Balaban J connectivity index is 1.34. The second kappa shape index (κ2) is 9.85. The molecule has 1 amide bonds. The van der Waals surface area contributed by atoms with E-state index in [0.29, 0.717) is 38.2 Å². The first-order chi connectivity index (χ1) is 17.5. The number of sulfone groups is 1. The zero-order valence-corrected chi connectivity index (χ0v) is 21.1. The Morgan fingerprint density at radius 3 is 2.35 bits per heavy atom. The Morgan fingerprint density at radius 1 is 1.14 bits per heavy atom. The summed E-state index contributed by atoms with van der Waals surface area (Å²) in [6.07, 6.45) is 1.84. The molecule has 2 N–H and O–H groups in total. The van der Waals surface area contributed by atoms with Crippen molar-refractivity contribution in [3.63, 3.8) is 0 Å². The van der Waals surface area contributed by atoms with E-state index in [2.05, 4.69) is 5.32 Å². The summed E-state index contributed by atoms with van der Waals surface area (Å²) in [7, 11) is -4.00. The Labute approximate surface area is 216 Å². The number of rotatable bonds is 8. The Morgan fingerprint density at radius 2 is 1.76 bits per heavy atom. The first-order valence-electron chi connectivity index (χ1n) is 11.9. The molecule has 3 fully saturated rings. The van der Waals surface area contributed by atoms with Gasteiger partial charge < -0.3 is 19.9 Å². The third-order valence-corrected chi connectivity index (χ3v) is 10.2. The standard InChI is InChI=1S/C25H25ClF3NO6S/c26-18-4-3-13(24(31)30-16-6-19(27)22(29)20(28)7-16)5-21(18)37(33,34)23-14-1-2-15(23)9-25(32,8-14)12-35-10-17-11-36-17/h3-7,14-15,17,23,32H,1-2,8-12H2,(H,30,31)/t14-,15?,17?,23?,25?/m0/s1. The summed E-state index contributed by atoms with van der Waals surface area (Å²) < 4.78 is 78.5. The topological polar surface area (TPSA) is 105 Å². The maximum atomic E-state index is 13.8. The number of halogens is 4. The third kappa shape index (κ3) is 5.37. The highest BCUT2D eigenvalue weighted by Gasteiger charge is 2.54. The van der Waals surface area contributed by atoms with Crippen LogP contribution in [0.5, 0.6) is 0 Å². The molecule has 2 saturated carbocycles. The van der Waals surface area contributed by atoms with Crippen LogP contribution in [0, 0.1) is 29.3 Å². The maximum absolute atomic E-state index is 13.8. The molecule has 2 bridgehead atoms. The van der Waals surface area contributed by atoms with E-state index in [1.807, 2.05) is 0 Å². The molecule has 4 unspecified atom stereocenters. The van der Waals surface area contributed by atoms with Crippen molar-refractivity contribution in [1.29, 1.82) is 0 Å². The molecule has 1 saturated heterocycles. The fourth-order valence-electron chi connectivity index (χ4n) is 5.65. The molecule has 3 aliphatic rings. The van der Waals surface area contributed by atoms with Crippen LogP contribution in [0.2, 0.25) is 5.02 Å². The van der Waals surface area contributed by atoms with E-state index in [-0.39, 0.29) is 58.6 Å². The number of carbonyl (C=O) groups excluding carboxylic acids is 1. The summed E-state index contributed by atoms with van der Waals surface area (Å²) in [6, 6.07) is 4.91. The zero-order chi connectivity index (χ0) is 26.5. The number of ether oxygens (including phenoxy) is 2. The number of epoxide rings is 1. The minimum atomic E-state index is -4.00. The van der Waals surface area contributed by atoms with Gasteiger partial charge in [0.2, 0.25) is 0 Å². The van der Waals surface area contributed by atoms with Crippen molar-refractivity contribution in [2.45, 2.75) is 47.5 Å². The van der Waals surface area contributed by atoms with Crippen molar-refractivity contribution < 1.29 is 41.0 Å². The van der Waals surface area contributed by atoms with Gasteiger partial charge in [-0.15, -0.1) is 0 Å². The van der Waals surface area contributed by atoms with Gasteiger partial charge in [0.05, 0.1) is 40.6 Å². The lowest BCUT2D eigenvalue weighted by Gasteiger charge is -2.40. The van der Waals surface area contributed by atoms with Crippen LogP contribution in [0.4, 0.5) is 18.9 Å². The molecule has 2 aliphatic carbocycles. The number of benzene rings is 2. The maximum Gasteiger partial charge on any atom is 0.255 e. The molecule has 37 heavy (non-hydrogen) atoms. The third-order valence-electron chi connectivity index (χ3n) is 7.30. The number of aliphatic hydroxyl groups is 1. The highest BCUT2D eigenvalue weighted by molar-refractivity contribution is 7.92. The van der Waals surface area contributed by atoms with E-state index in [1.165, 1.54) is 12.1 Å². The molecule has 12 heteroatoms. The Hall–Kier alpha value is -2.18. The summed E-state index contributed by atoms with van der Waals surface area (Å²) in [6.45, 7) is 1.13. The summed E-state index contributed by atoms with van der Waals surface area (Å²) >= 11 is 6.27. The zero-order valence-electron chi connectivity index (χ0n) is 19.6. The summed E-state index contributed by atoms with van der Waals surface area (Å²) in [4.78, 5) is 12.5. The van der Waals surface area contributed by atoms with Crippen molar-refractivity contribution in [3.8, 4) is 0 Å². The molecule has 2 aromatic rings. The first-order valence-corrected chi connectivity index (χ1v) is 13.8. The highest BCUT2D eigenvalue weighted by atomic mass is 35.5. The summed E-state index contributed by atoms with van der Waals surface area (Å²) in [5, 5.41) is 12.5. The van der Waals surface area contributed by atoms with Crippen molar-refractivity contribution >= 4 is 33.0 Å². The van der Waals surface area contributed by atoms with E-state index >= 15 is 0 Å². The van der Waals surface area contributed by atoms with Gasteiger partial charge in [-0.05, 0) is 55.7 Å². The molecule has 7 nitrogen and oxygen atoms in total. The fourth-order valence-corrected chi connectivity index (χ4v) is 8.49. The lowest BCUT2D eigenvalue weighted by molar-refractivity contribution is -0.0842. The molecule has 1 heterocycles. The highest BCUT2D eigenvalue weighted by Crippen LogP contribution is 2.51. The molecule has 1 aliphatic heterocycles. The Bertz CT molecular complexity index is 1300. The second-order valence-corrected chi connectivity index (χ2v) is 12.5. The Kier molecular flexibility index (Phi) is 7.03. The van der Waals surface area contributed by atoms with Gasteiger partial charge in [0, 0.05) is 23.4 Å². The molecule has 0 aromatic heterocycles. The number of carbonyl (C=O) groups is 1. The number of fused-ring (bicyclic) bond motifs is 2. The van der Waals surface area contributed by atoms with Gasteiger partial charge in [-0.2, -0.15) is 0 Å². The van der Waals surface area contributed by atoms with Crippen LogP contribution in [0.3, 0.4) is 0 Å². The van der Waals surface area contributed by atoms with E-state index in [1.54, 1.807) is 0 Å². The number of hydrogen-bond donors (Lipinski definition) is 2. The van der Waals surface area contributed by atoms with E-state index in [4.69, 9.17) is 21.1 Å². The number of amides is 1. The van der Waals surface area contributed by atoms with Crippen LogP contribution >= 0.6 is 11.6 Å². The van der Waals surface area contributed by atoms with Gasteiger partial charge in [-0.1, -0.05) is 11.6 Å². The molecule has 0 spiro atoms. The van der Waals surface area contributed by atoms with Gasteiger partial charge >= 0.3 is 0 Å². The fraction of sp³-hybridized carbons (Fsp3) is 0.480. The minimum Gasteiger partial charge on any atom is -0.387 e. The number of nitrogens with one attached hydrogen (secondary N) is 1.